The molecule has 1 fully saturated rings. The Hall–Kier alpha value is -3.18. The van der Waals surface area contributed by atoms with Crippen LogP contribution < -0.4 is 19.1 Å². The number of amides is 1. The van der Waals surface area contributed by atoms with Crippen molar-refractivity contribution in [2.45, 2.75) is 32.9 Å². The number of aryl methyl sites for hydroxylation is 3. The van der Waals surface area contributed by atoms with E-state index in [1.54, 1.807) is 31.3 Å². The molecule has 0 radical (unpaired) electrons. The minimum absolute atomic E-state index is 0.0950. The Bertz CT molecular complexity index is 1180. The molecule has 0 N–H and O–H groups in total. The Morgan fingerprint density at radius 3 is 2.16 bits per heavy atom. The molecule has 1 aliphatic heterocycles. The smallest absolute Gasteiger partial charge is 0.271 e. The zero-order chi connectivity index (χ0) is 23.0. The molecule has 0 aliphatic carbocycles. The van der Waals surface area contributed by atoms with Crippen LogP contribution in [0.25, 0.3) is 0 Å². The number of ether oxygens (including phenoxy) is 3. The van der Waals surface area contributed by atoms with Gasteiger partial charge in [-0.25, -0.2) is 0 Å². The van der Waals surface area contributed by atoms with Gasteiger partial charge in [-0.15, -0.1) is 0 Å². The van der Waals surface area contributed by atoms with Gasteiger partial charge < -0.3 is 14.2 Å². The predicted molar refractivity (Wildman–Crippen MR) is 126 cm³/mol. The lowest BCUT2D eigenvalue weighted by Crippen LogP contribution is -2.61. The number of nitrogens with zero attached hydrogens (tertiary/aromatic N) is 1. The second kappa shape index (κ2) is 8.75. The molecule has 1 amide bonds. The summed E-state index contributed by atoms with van der Waals surface area (Å²) in [7, 11) is 3.20. The maximum atomic E-state index is 13.3. The molecular weight excluding hydrogens is 426 g/mol. The van der Waals surface area contributed by atoms with E-state index in [0.717, 1.165) is 22.4 Å². The van der Waals surface area contributed by atoms with Crippen molar-refractivity contribution < 1.29 is 19.0 Å². The van der Waals surface area contributed by atoms with Gasteiger partial charge in [-0.05, 0) is 85.5 Å². The minimum Gasteiger partial charge on any atom is -0.493 e. The van der Waals surface area contributed by atoms with Crippen molar-refractivity contribution in [1.29, 1.82) is 0 Å². The Labute approximate surface area is 193 Å². The summed E-state index contributed by atoms with van der Waals surface area (Å²) in [5.41, 5.74) is 4.91. The highest BCUT2D eigenvalue weighted by Crippen LogP contribution is 2.44. The van der Waals surface area contributed by atoms with Crippen molar-refractivity contribution in [3.63, 3.8) is 0 Å². The van der Waals surface area contributed by atoms with Crippen LogP contribution >= 0.6 is 11.6 Å². The van der Waals surface area contributed by atoms with Gasteiger partial charge in [0.1, 0.15) is 11.8 Å². The molecule has 2 atom stereocenters. The van der Waals surface area contributed by atoms with Crippen LogP contribution in [0.3, 0.4) is 0 Å². The number of halogens is 1. The van der Waals surface area contributed by atoms with E-state index < -0.39 is 6.10 Å². The Morgan fingerprint density at radius 1 is 0.781 bits per heavy atom. The van der Waals surface area contributed by atoms with E-state index in [0.29, 0.717) is 22.3 Å². The molecular formula is C26H26ClNO4. The summed E-state index contributed by atoms with van der Waals surface area (Å²) in [5.74, 6) is 1.77. The van der Waals surface area contributed by atoms with Crippen molar-refractivity contribution >= 4 is 23.2 Å². The zero-order valence-electron chi connectivity index (χ0n) is 18.8. The van der Waals surface area contributed by atoms with Crippen LogP contribution in [0.5, 0.6) is 17.2 Å². The fourth-order valence-electron chi connectivity index (χ4n) is 3.98. The lowest BCUT2D eigenvalue weighted by Gasteiger charge is -2.47. The number of carbonyl (C=O) groups is 1. The molecule has 1 saturated heterocycles. The van der Waals surface area contributed by atoms with Crippen LogP contribution in [-0.4, -0.2) is 26.2 Å². The quantitative estimate of drug-likeness (QED) is 0.443. The number of benzene rings is 3. The predicted octanol–water partition coefficient (Wildman–Crippen LogP) is 5.82. The lowest BCUT2D eigenvalue weighted by molar-refractivity contribution is -0.135. The Kier molecular flexibility index (Phi) is 6.02. The van der Waals surface area contributed by atoms with Gasteiger partial charge in [-0.1, -0.05) is 23.7 Å². The maximum absolute atomic E-state index is 13.3. The van der Waals surface area contributed by atoms with E-state index >= 15 is 0 Å². The molecule has 5 nitrogen and oxygen atoms in total. The van der Waals surface area contributed by atoms with Gasteiger partial charge in [-0.2, -0.15) is 0 Å². The Morgan fingerprint density at radius 2 is 1.50 bits per heavy atom. The average molecular weight is 452 g/mol. The monoisotopic (exact) mass is 451 g/mol. The average Bonchev–Trinajstić information content (AvgIpc) is 2.78. The molecule has 1 aliphatic rings. The summed E-state index contributed by atoms with van der Waals surface area (Å²) >= 11 is 6.09. The summed E-state index contributed by atoms with van der Waals surface area (Å²) in [6, 6.07) is 16.8. The number of β-lactam (4-membered cyclic amide) rings is 1. The summed E-state index contributed by atoms with van der Waals surface area (Å²) in [6.07, 6.45) is -0.672. The first-order valence-corrected chi connectivity index (χ1v) is 10.8. The third-order valence-electron chi connectivity index (χ3n) is 5.95. The molecule has 3 aromatic carbocycles. The van der Waals surface area contributed by atoms with E-state index in [-0.39, 0.29) is 11.9 Å². The first-order chi connectivity index (χ1) is 15.3. The standard InChI is InChI=1S/C26H26ClNO4/c1-15-6-9-20(13-16(15)2)28-24(18-7-10-22(30-4)23(14-18)31-5)25(26(28)29)32-21-11-8-19(27)12-17(21)3/h6-14,24-25H,1-5H3/t24-,25+/m0/s1. The van der Waals surface area contributed by atoms with Crippen molar-refractivity contribution in [1.82, 2.24) is 0 Å². The summed E-state index contributed by atoms with van der Waals surface area (Å²) in [4.78, 5) is 15.1. The molecule has 0 bridgehead atoms. The zero-order valence-corrected chi connectivity index (χ0v) is 19.6. The van der Waals surface area contributed by atoms with Crippen molar-refractivity contribution in [3.8, 4) is 17.2 Å². The van der Waals surface area contributed by atoms with E-state index in [2.05, 4.69) is 6.92 Å². The Balaban J connectivity index is 1.76. The summed E-state index contributed by atoms with van der Waals surface area (Å²) in [6.45, 7) is 6.01. The van der Waals surface area contributed by atoms with Gasteiger partial charge in [0.05, 0.1) is 14.2 Å². The summed E-state index contributed by atoms with van der Waals surface area (Å²) in [5, 5.41) is 0.628. The molecule has 166 valence electrons. The highest BCUT2D eigenvalue weighted by atomic mass is 35.5. The summed E-state index contributed by atoms with van der Waals surface area (Å²) < 4.78 is 17.1. The van der Waals surface area contributed by atoms with E-state index in [4.69, 9.17) is 25.8 Å². The second-order valence-electron chi connectivity index (χ2n) is 7.98. The molecule has 0 saturated carbocycles. The molecule has 0 unspecified atom stereocenters. The number of carbonyl (C=O) groups excluding carboxylic acids is 1. The molecule has 3 aromatic rings. The molecule has 1 heterocycles. The third kappa shape index (κ3) is 3.89. The lowest BCUT2D eigenvalue weighted by atomic mass is 9.89. The largest absolute Gasteiger partial charge is 0.493 e. The van der Waals surface area contributed by atoms with Crippen LogP contribution in [0.2, 0.25) is 5.02 Å². The minimum atomic E-state index is -0.672. The number of anilines is 1. The number of hydrogen-bond donors (Lipinski definition) is 0. The van der Waals surface area contributed by atoms with Crippen LogP contribution in [0.1, 0.15) is 28.3 Å². The molecule has 0 aromatic heterocycles. The SMILES string of the molecule is COc1ccc([C@H]2[C@@H](Oc3ccc(Cl)cc3C)C(=O)N2c2ccc(C)c(C)c2)cc1OC. The molecule has 6 heteroatoms. The highest BCUT2D eigenvalue weighted by Gasteiger charge is 2.51. The van der Waals surface area contributed by atoms with E-state index in [1.165, 1.54) is 5.56 Å². The number of rotatable bonds is 6. The number of methoxy groups -OCH3 is 2. The van der Waals surface area contributed by atoms with Gasteiger partial charge in [0.15, 0.2) is 11.5 Å². The van der Waals surface area contributed by atoms with Crippen LogP contribution in [0, 0.1) is 20.8 Å². The van der Waals surface area contributed by atoms with E-state index in [1.807, 2.05) is 56.3 Å². The number of hydrogen-bond acceptors (Lipinski definition) is 4. The fraction of sp³-hybridized carbons (Fsp3) is 0.269. The van der Waals surface area contributed by atoms with Crippen LogP contribution in [0.4, 0.5) is 5.69 Å². The van der Waals surface area contributed by atoms with Crippen molar-refractivity contribution in [2.24, 2.45) is 0 Å². The first kappa shape index (κ1) is 22.0. The third-order valence-corrected chi connectivity index (χ3v) is 6.19. The fourth-order valence-corrected chi connectivity index (χ4v) is 4.21. The van der Waals surface area contributed by atoms with Crippen molar-refractivity contribution in [2.75, 3.05) is 19.1 Å². The first-order valence-electron chi connectivity index (χ1n) is 10.4. The van der Waals surface area contributed by atoms with E-state index in [9.17, 15) is 4.79 Å². The van der Waals surface area contributed by atoms with Gasteiger partial charge in [0, 0.05) is 10.7 Å². The maximum Gasteiger partial charge on any atom is 0.271 e. The van der Waals surface area contributed by atoms with Crippen molar-refractivity contribution in [3.05, 3.63) is 81.9 Å². The van der Waals surface area contributed by atoms with Gasteiger partial charge in [0.2, 0.25) is 6.10 Å². The molecule has 32 heavy (non-hydrogen) atoms. The molecule has 0 spiro atoms. The van der Waals surface area contributed by atoms with Gasteiger partial charge >= 0.3 is 0 Å². The topological polar surface area (TPSA) is 48.0 Å². The molecule has 4 rings (SSSR count). The van der Waals surface area contributed by atoms with Crippen LogP contribution in [0.15, 0.2) is 54.6 Å². The second-order valence-corrected chi connectivity index (χ2v) is 8.42. The van der Waals surface area contributed by atoms with Gasteiger partial charge in [-0.3, -0.25) is 9.69 Å². The van der Waals surface area contributed by atoms with Crippen LogP contribution in [-0.2, 0) is 4.79 Å². The normalized spacial score (nSPS) is 17.7. The van der Waals surface area contributed by atoms with Gasteiger partial charge in [0.25, 0.3) is 5.91 Å². The highest BCUT2D eigenvalue weighted by molar-refractivity contribution is 6.30.